The highest BCUT2D eigenvalue weighted by Crippen LogP contribution is 2.32. The van der Waals surface area contributed by atoms with Crippen LogP contribution in [0, 0.1) is 12.7 Å². The van der Waals surface area contributed by atoms with Crippen molar-refractivity contribution in [2.45, 2.75) is 20.0 Å². The highest BCUT2D eigenvalue weighted by molar-refractivity contribution is 5.67. The van der Waals surface area contributed by atoms with Crippen molar-refractivity contribution in [1.29, 1.82) is 0 Å². The van der Waals surface area contributed by atoms with Crippen molar-refractivity contribution in [3.63, 3.8) is 0 Å². The van der Waals surface area contributed by atoms with Gasteiger partial charge in [-0.15, -0.1) is 0 Å². The summed E-state index contributed by atoms with van der Waals surface area (Å²) in [5.74, 6) is 0.467. The number of ether oxygens (including phenoxy) is 3. The van der Waals surface area contributed by atoms with Crippen LogP contribution in [0.4, 0.5) is 4.39 Å². The summed E-state index contributed by atoms with van der Waals surface area (Å²) in [5.41, 5.74) is 5.56. The van der Waals surface area contributed by atoms with E-state index in [-0.39, 0.29) is 25.0 Å². The fourth-order valence-electron chi connectivity index (χ4n) is 3.89. The average Bonchev–Trinajstić information content (AvgIpc) is 2.91. The first-order valence-electron chi connectivity index (χ1n) is 11.4. The summed E-state index contributed by atoms with van der Waals surface area (Å²) in [6, 6.07) is 25.0. The predicted octanol–water partition coefficient (Wildman–Crippen LogP) is 6.99. The standard InChI is InChI=1S/C30H28FNO3/c1-4-23-17-28(34-19-22-11-7-5-8-12-22)29(31)21(2)26(23)18-25-15-16-27(35-20-33-3)30(32-25)24-13-9-6-10-14-24/h4-17H,1,18-20H2,2-3H3. The molecule has 0 radical (unpaired) electrons. The maximum Gasteiger partial charge on any atom is 0.188 e. The van der Waals surface area contributed by atoms with E-state index >= 15 is 4.39 Å². The SMILES string of the molecule is C=Cc1cc(OCc2ccccc2)c(F)c(C)c1Cc1ccc(OCOC)c(-c2ccccc2)n1. The Morgan fingerprint density at radius 1 is 0.914 bits per heavy atom. The van der Waals surface area contributed by atoms with E-state index in [0.717, 1.165) is 27.9 Å². The molecule has 4 aromatic rings. The zero-order valence-corrected chi connectivity index (χ0v) is 20.0. The van der Waals surface area contributed by atoms with E-state index in [1.165, 1.54) is 0 Å². The van der Waals surface area contributed by atoms with Gasteiger partial charge in [0.25, 0.3) is 0 Å². The van der Waals surface area contributed by atoms with Gasteiger partial charge in [0.2, 0.25) is 0 Å². The third-order valence-electron chi connectivity index (χ3n) is 5.74. The van der Waals surface area contributed by atoms with E-state index in [1.807, 2.05) is 72.8 Å². The molecular weight excluding hydrogens is 441 g/mol. The Labute approximate surface area is 205 Å². The summed E-state index contributed by atoms with van der Waals surface area (Å²) in [7, 11) is 1.57. The molecule has 1 heterocycles. The molecule has 0 aliphatic heterocycles. The zero-order chi connectivity index (χ0) is 24.6. The third-order valence-corrected chi connectivity index (χ3v) is 5.74. The second kappa shape index (κ2) is 11.4. The molecule has 0 spiro atoms. The molecule has 0 amide bonds. The fourth-order valence-corrected chi connectivity index (χ4v) is 3.89. The van der Waals surface area contributed by atoms with Gasteiger partial charge in [-0.05, 0) is 47.4 Å². The summed E-state index contributed by atoms with van der Waals surface area (Å²) in [4.78, 5) is 4.87. The van der Waals surface area contributed by atoms with Gasteiger partial charge in [-0.2, -0.15) is 0 Å². The molecule has 0 fully saturated rings. The lowest BCUT2D eigenvalue weighted by Crippen LogP contribution is -2.06. The van der Waals surface area contributed by atoms with Crippen molar-refractivity contribution >= 4 is 6.08 Å². The molecule has 178 valence electrons. The maximum absolute atomic E-state index is 15.3. The van der Waals surface area contributed by atoms with Crippen LogP contribution in [-0.2, 0) is 17.8 Å². The maximum atomic E-state index is 15.3. The smallest absolute Gasteiger partial charge is 0.188 e. The lowest BCUT2D eigenvalue weighted by atomic mass is 9.96. The van der Waals surface area contributed by atoms with Gasteiger partial charge in [0, 0.05) is 24.8 Å². The third kappa shape index (κ3) is 5.76. The molecule has 0 bridgehead atoms. The van der Waals surface area contributed by atoms with Crippen LogP contribution in [0.15, 0.2) is 85.4 Å². The van der Waals surface area contributed by atoms with Gasteiger partial charge in [-0.1, -0.05) is 73.3 Å². The van der Waals surface area contributed by atoms with Crippen molar-refractivity contribution in [3.8, 4) is 22.8 Å². The van der Waals surface area contributed by atoms with E-state index in [2.05, 4.69) is 6.58 Å². The number of nitrogens with zero attached hydrogens (tertiary/aromatic N) is 1. The molecule has 0 saturated heterocycles. The number of halogens is 1. The van der Waals surface area contributed by atoms with E-state index in [1.54, 1.807) is 26.2 Å². The van der Waals surface area contributed by atoms with Crippen LogP contribution in [-0.4, -0.2) is 18.9 Å². The Balaban J connectivity index is 1.65. The molecule has 0 saturated carbocycles. The quantitative estimate of drug-likeness (QED) is 0.235. The molecule has 4 nitrogen and oxygen atoms in total. The number of aromatic nitrogens is 1. The van der Waals surface area contributed by atoms with Crippen LogP contribution in [0.5, 0.6) is 11.5 Å². The predicted molar refractivity (Wildman–Crippen MR) is 137 cm³/mol. The first-order valence-corrected chi connectivity index (χ1v) is 11.4. The van der Waals surface area contributed by atoms with Crippen LogP contribution in [0.25, 0.3) is 17.3 Å². The fraction of sp³-hybridized carbons (Fsp3) is 0.167. The summed E-state index contributed by atoms with van der Waals surface area (Å²) < 4.78 is 31.9. The van der Waals surface area contributed by atoms with Crippen LogP contribution in [0.3, 0.4) is 0 Å². The van der Waals surface area contributed by atoms with Crippen molar-refractivity contribution < 1.29 is 18.6 Å². The Morgan fingerprint density at radius 3 is 2.31 bits per heavy atom. The van der Waals surface area contributed by atoms with Crippen LogP contribution < -0.4 is 9.47 Å². The molecule has 0 N–H and O–H groups in total. The molecule has 3 aromatic carbocycles. The van der Waals surface area contributed by atoms with Gasteiger partial charge in [0.1, 0.15) is 18.1 Å². The molecule has 35 heavy (non-hydrogen) atoms. The summed E-state index contributed by atoms with van der Waals surface area (Å²) in [6.45, 7) is 6.12. The Bertz CT molecular complexity index is 1290. The van der Waals surface area contributed by atoms with Crippen LogP contribution >= 0.6 is 0 Å². The molecular formula is C30H28FNO3. The zero-order valence-electron chi connectivity index (χ0n) is 20.0. The second-order valence-corrected chi connectivity index (χ2v) is 8.10. The highest BCUT2D eigenvalue weighted by Gasteiger charge is 2.17. The lowest BCUT2D eigenvalue weighted by molar-refractivity contribution is 0.0513. The Morgan fingerprint density at radius 2 is 1.63 bits per heavy atom. The van der Waals surface area contributed by atoms with Crippen LogP contribution in [0.1, 0.15) is 27.9 Å². The first kappa shape index (κ1) is 24.2. The minimum atomic E-state index is -0.370. The number of benzene rings is 3. The summed E-state index contributed by atoms with van der Waals surface area (Å²) in [5, 5.41) is 0. The van der Waals surface area contributed by atoms with Crippen molar-refractivity contribution in [2.75, 3.05) is 13.9 Å². The summed E-state index contributed by atoms with van der Waals surface area (Å²) >= 11 is 0. The highest BCUT2D eigenvalue weighted by atomic mass is 19.1. The second-order valence-electron chi connectivity index (χ2n) is 8.10. The van der Waals surface area contributed by atoms with E-state index in [4.69, 9.17) is 19.2 Å². The van der Waals surface area contributed by atoms with E-state index in [9.17, 15) is 0 Å². The van der Waals surface area contributed by atoms with Gasteiger partial charge < -0.3 is 14.2 Å². The van der Waals surface area contributed by atoms with Crippen molar-refractivity contribution in [3.05, 3.63) is 119 Å². The summed E-state index contributed by atoms with van der Waals surface area (Å²) in [6.07, 6.45) is 2.17. The molecule has 4 rings (SSSR count). The lowest BCUT2D eigenvalue weighted by Gasteiger charge is -2.17. The topological polar surface area (TPSA) is 40.6 Å². The van der Waals surface area contributed by atoms with Gasteiger partial charge in [-0.25, -0.2) is 9.37 Å². The van der Waals surface area contributed by atoms with E-state index in [0.29, 0.717) is 23.4 Å². The molecule has 0 aliphatic carbocycles. The minimum Gasteiger partial charge on any atom is -0.486 e. The number of hydrogen-bond donors (Lipinski definition) is 0. The normalized spacial score (nSPS) is 10.7. The molecule has 0 aliphatic rings. The van der Waals surface area contributed by atoms with Crippen molar-refractivity contribution in [2.24, 2.45) is 0 Å². The first-order chi connectivity index (χ1) is 17.1. The average molecular weight is 470 g/mol. The minimum absolute atomic E-state index is 0.121. The molecule has 0 unspecified atom stereocenters. The molecule has 1 aromatic heterocycles. The van der Waals surface area contributed by atoms with Gasteiger partial charge in [0.15, 0.2) is 18.4 Å². The Hall–Kier alpha value is -3.96. The van der Waals surface area contributed by atoms with Crippen LogP contribution in [0.2, 0.25) is 0 Å². The van der Waals surface area contributed by atoms with Gasteiger partial charge in [0.05, 0.1) is 0 Å². The number of pyridine rings is 1. The van der Waals surface area contributed by atoms with Gasteiger partial charge >= 0.3 is 0 Å². The largest absolute Gasteiger partial charge is 0.486 e. The van der Waals surface area contributed by atoms with E-state index < -0.39 is 0 Å². The molecule has 0 atom stereocenters. The van der Waals surface area contributed by atoms with Crippen molar-refractivity contribution in [1.82, 2.24) is 4.98 Å². The molecule has 5 heteroatoms. The number of rotatable bonds is 10. The number of hydrogen-bond acceptors (Lipinski definition) is 4. The number of methoxy groups -OCH3 is 1. The monoisotopic (exact) mass is 469 g/mol. The van der Waals surface area contributed by atoms with Gasteiger partial charge in [-0.3, -0.25) is 0 Å². The Kier molecular flexibility index (Phi) is 7.91.